The SMILES string of the molecule is CN1C(=O)CCc2cc(C(=O)COC(=O)c3csc(Cc4ccc(F)cc4)n3)ccc21. The minimum absolute atomic E-state index is 0.0440. The molecule has 8 heteroatoms. The van der Waals surface area contributed by atoms with Crippen LogP contribution in [0.5, 0.6) is 0 Å². The minimum atomic E-state index is -0.668. The van der Waals surface area contributed by atoms with Crippen LogP contribution in [0.15, 0.2) is 47.8 Å². The number of hydrogen-bond donors (Lipinski definition) is 0. The Morgan fingerprint density at radius 2 is 1.94 bits per heavy atom. The van der Waals surface area contributed by atoms with Gasteiger partial charge in [-0.15, -0.1) is 11.3 Å². The number of benzene rings is 2. The molecule has 3 aromatic rings. The Bertz CT molecular complexity index is 1160. The first-order valence-electron chi connectivity index (χ1n) is 9.69. The summed E-state index contributed by atoms with van der Waals surface area (Å²) in [4.78, 5) is 42.4. The molecule has 0 bridgehead atoms. The fourth-order valence-electron chi connectivity index (χ4n) is 3.38. The van der Waals surface area contributed by atoms with Crippen LogP contribution in [0.2, 0.25) is 0 Å². The number of hydrogen-bond acceptors (Lipinski definition) is 6. The lowest BCUT2D eigenvalue weighted by atomic mass is 9.98. The van der Waals surface area contributed by atoms with Crippen molar-refractivity contribution < 1.29 is 23.5 Å². The third-order valence-corrected chi connectivity index (χ3v) is 5.96. The van der Waals surface area contributed by atoms with Crippen molar-refractivity contribution in [1.82, 2.24) is 4.98 Å². The van der Waals surface area contributed by atoms with Crippen LogP contribution < -0.4 is 4.90 Å². The summed E-state index contributed by atoms with van der Waals surface area (Å²) in [5.74, 6) is -1.26. The highest BCUT2D eigenvalue weighted by Crippen LogP contribution is 2.27. The summed E-state index contributed by atoms with van der Waals surface area (Å²) in [5, 5.41) is 2.27. The second kappa shape index (κ2) is 8.77. The van der Waals surface area contributed by atoms with E-state index in [2.05, 4.69) is 4.98 Å². The van der Waals surface area contributed by atoms with Crippen molar-refractivity contribution in [3.63, 3.8) is 0 Å². The van der Waals surface area contributed by atoms with E-state index in [0.29, 0.717) is 29.8 Å². The Kier molecular flexibility index (Phi) is 5.90. The zero-order chi connectivity index (χ0) is 22.0. The Hall–Kier alpha value is -3.39. The van der Waals surface area contributed by atoms with Gasteiger partial charge in [-0.3, -0.25) is 9.59 Å². The average Bonchev–Trinajstić information content (AvgIpc) is 3.24. The fourth-order valence-corrected chi connectivity index (χ4v) is 4.18. The van der Waals surface area contributed by atoms with Crippen LogP contribution in [0, 0.1) is 5.82 Å². The van der Waals surface area contributed by atoms with Gasteiger partial charge in [-0.1, -0.05) is 12.1 Å². The second-order valence-corrected chi connectivity index (χ2v) is 8.17. The number of halogens is 1. The van der Waals surface area contributed by atoms with Gasteiger partial charge in [0.1, 0.15) is 5.82 Å². The Morgan fingerprint density at radius 1 is 1.16 bits per heavy atom. The maximum absolute atomic E-state index is 13.0. The number of carbonyl (C=O) groups excluding carboxylic acids is 3. The molecule has 158 valence electrons. The van der Waals surface area contributed by atoms with Crippen LogP contribution in [-0.2, 0) is 22.4 Å². The molecule has 0 N–H and O–H groups in total. The monoisotopic (exact) mass is 438 g/mol. The van der Waals surface area contributed by atoms with E-state index >= 15 is 0 Å². The molecule has 0 saturated carbocycles. The van der Waals surface area contributed by atoms with Crippen molar-refractivity contribution in [2.45, 2.75) is 19.3 Å². The first-order chi connectivity index (χ1) is 14.9. The predicted octanol–water partition coefficient (Wildman–Crippen LogP) is 3.82. The third-order valence-electron chi connectivity index (χ3n) is 5.11. The smallest absolute Gasteiger partial charge is 0.358 e. The molecular formula is C23H19FN2O4S. The molecule has 4 rings (SSSR count). The molecule has 31 heavy (non-hydrogen) atoms. The highest BCUT2D eigenvalue weighted by atomic mass is 32.1. The van der Waals surface area contributed by atoms with Gasteiger partial charge in [0.2, 0.25) is 5.91 Å². The van der Waals surface area contributed by atoms with Gasteiger partial charge in [-0.05, 0) is 47.9 Å². The molecule has 2 aromatic carbocycles. The number of thiazole rings is 1. The lowest BCUT2D eigenvalue weighted by molar-refractivity contribution is -0.118. The molecule has 0 fully saturated rings. The standard InChI is InChI=1S/C23H19FN2O4S/c1-26-19-8-4-16(11-15(19)5-9-22(26)28)20(27)12-30-23(29)18-13-31-21(25-18)10-14-2-6-17(24)7-3-14/h2-4,6-8,11,13H,5,9-10,12H2,1H3. The predicted molar refractivity (Wildman–Crippen MR) is 114 cm³/mol. The minimum Gasteiger partial charge on any atom is -0.453 e. The molecule has 1 aliphatic heterocycles. The highest BCUT2D eigenvalue weighted by Gasteiger charge is 2.22. The van der Waals surface area contributed by atoms with Gasteiger partial charge in [-0.2, -0.15) is 0 Å². The molecule has 0 aliphatic carbocycles. The molecule has 0 unspecified atom stereocenters. The van der Waals surface area contributed by atoms with Crippen LogP contribution in [0.3, 0.4) is 0 Å². The van der Waals surface area contributed by atoms with Gasteiger partial charge in [0.05, 0.1) is 5.01 Å². The quantitative estimate of drug-likeness (QED) is 0.432. The van der Waals surface area contributed by atoms with Gasteiger partial charge in [0.15, 0.2) is 18.1 Å². The summed E-state index contributed by atoms with van der Waals surface area (Å²) >= 11 is 1.30. The van der Waals surface area contributed by atoms with Crippen LogP contribution in [-0.4, -0.2) is 36.3 Å². The van der Waals surface area contributed by atoms with Crippen molar-refractivity contribution in [3.05, 3.63) is 81.1 Å². The highest BCUT2D eigenvalue weighted by molar-refractivity contribution is 7.09. The van der Waals surface area contributed by atoms with E-state index in [4.69, 9.17) is 4.74 Å². The van der Waals surface area contributed by atoms with Crippen LogP contribution in [0.1, 0.15) is 43.4 Å². The van der Waals surface area contributed by atoms with Gasteiger partial charge >= 0.3 is 5.97 Å². The average molecular weight is 438 g/mol. The van der Waals surface area contributed by atoms with E-state index in [1.807, 2.05) is 0 Å². The van der Waals surface area contributed by atoms with E-state index in [-0.39, 0.29) is 23.2 Å². The summed E-state index contributed by atoms with van der Waals surface area (Å²) in [7, 11) is 1.71. The Morgan fingerprint density at radius 3 is 2.71 bits per heavy atom. The summed E-state index contributed by atoms with van der Waals surface area (Å²) in [6.07, 6.45) is 1.46. The van der Waals surface area contributed by atoms with Gasteiger partial charge in [-0.25, -0.2) is 14.2 Å². The van der Waals surface area contributed by atoms with Gasteiger partial charge < -0.3 is 9.64 Å². The number of nitrogens with zero attached hydrogens (tertiary/aromatic N) is 2. The molecule has 0 saturated heterocycles. The molecule has 0 atom stereocenters. The fraction of sp³-hybridized carbons (Fsp3) is 0.217. The van der Waals surface area contributed by atoms with Crippen molar-refractivity contribution in [1.29, 1.82) is 0 Å². The number of fused-ring (bicyclic) bond motifs is 1. The molecule has 1 aliphatic rings. The van der Waals surface area contributed by atoms with Gasteiger partial charge in [0, 0.05) is 36.5 Å². The maximum Gasteiger partial charge on any atom is 0.358 e. The lowest BCUT2D eigenvalue weighted by Gasteiger charge is -2.25. The number of aryl methyl sites for hydroxylation is 1. The Labute approximate surface area is 182 Å². The number of ketones is 1. The first-order valence-corrected chi connectivity index (χ1v) is 10.6. The first kappa shape index (κ1) is 20.9. The van der Waals surface area contributed by atoms with E-state index in [9.17, 15) is 18.8 Å². The molecule has 1 amide bonds. The normalized spacial score (nSPS) is 13.1. The zero-order valence-electron chi connectivity index (χ0n) is 16.8. The number of Topliss-reactive ketones (excluding diaryl/α,β-unsaturated/α-hetero) is 1. The summed E-state index contributed by atoms with van der Waals surface area (Å²) in [6, 6.07) is 11.2. The van der Waals surface area contributed by atoms with Crippen LogP contribution in [0.25, 0.3) is 0 Å². The van der Waals surface area contributed by atoms with Crippen molar-refractivity contribution in [2.75, 3.05) is 18.6 Å². The summed E-state index contributed by atoms with van der Waals surface area (Å²) in [5.41, 5.74) is 3.17. The number of carbonyl (C=O) groups is 3. The number of esters is 1. The Balaban J connectivity index is 1.36. The largest absolute Gasteiger partial charge is 0.453 e. The van der Waals surface area contributed by atoms with Crippen LogP contribution in [0.4, 0.5) is 10.1 Å². The molecule has 0 radical (unpaired) electrons. The van der Waals surface area contributed by atoms with Crippen molar-refractivity contribution >= 4 is 34.7 Å². The summed E-state index contributed by atoms with van der Waals surface area (Å²) < 4.78 is 18.2. The van der Waals surface area contributed by atoms with E-state index in [1.54, 1.807) is 47.7 Å². The number of anilines is 1. The number of aromatic nitrogens is 1. The van der Waals surface area contributed by atoms with E-state index in [0.717, 1.165) is 16.8 Å². The molecule has 0 spiro atoms. The van der Waals surface area contributed by atoms with Crippen LogP contribution >= 0.6 is 11.3 Å². The van der Waals surface area contributed by atoms with Crippen molar-refractivity contribution in [3.8, 4) is 0 Å². The summed E-state index contributed by atoms with van der Waals surface area (Å²) in [6.45, 7) is -0.392. The van der Waals surface area contributed by atoms with Gasteiger partial charge in [0.25, 0.3) is 0 Å². The topological polar surface area (TPSA) is 76.6 Å². The second-order valence-electron chi connectivity index (χ2n) is 7.23. The molecule has 6 nitrogen and oxygen atoms in total. The number of ether oxygens (including phenoxy) is 1. The van der Waals surface area contributed by atoms with E-state index in [1.165, 1.54) is 23.5 Å². The number of amides is 1. The molecule has 1 aromatic heterocycles. The lowest BCUT2D eigenvalue weighted by Crippen LogP contribution is -2.31. The molecule has 2 heterocycles. The van der Waals surface area contributed by atoms with E-state index < -0.39 is 12.6 Å². The third kappa shape index (κ3) is 4.69. The molecular weight excluding hydrogens is 419 g/mol. The van der Waals surface area contributed by atoms with Crippen molar-refractivity contribution in [2.24, 2.45) is 0 Å². The number of rotatable bonds is 6. The maximum atomic E-state index is 13.0. The zero-order valence-corrected chi connectivity index (χ0v) is 17.6.